The van der Waals surface area contributed by atoms with E-state index in [1.165, 1.54) is 12.3 Å². The molecule has 0 saturated carbocycles. The topological polar surface area (TPSA) is 117 Å². The molecule has 1 aromatic heterocycles. The number of aromatic nitrogens is 1. The minimum Gasteiger partial charge on any atom is -0.476 e. The number of Topliss-reactive ketones (excluding diaryl/α,β-unsaturated/α-hetero) is 1. The summed E-state index contributed by atoms with van der Waals surface area (Å²) in [5.41, 5.74) is -0.654. The fourth-order valence-electron chi connectivity index (χ4n) is 5.14. The Kier molecular flexibility index (Phi) is 10.8. The largest absolute Gasteiger partial charge is 0.476 e. The van der Waals surface area contributed by atoms with Crippen molar-refractivity contribution in [1.29, 1.82) is 0 Å². The van der Waals surface area contributed by atoms with Crippen LogP contribution in [0.5, 0.6) is 0 Å². The first-order valence-electron chi connectivity index (χ1n) is 13.1. The SMILES string of the molecule is CC[C@H](C)[C@H](CC(=O)[C@@]1(C)CCCN1C)C(=O)N(C)[C@H](C[C@@H](OC(C)=O)c1nc(C(=O)O)cs1)C(C)C. The van der Waals surface area contributed by atoms with E-state index in [1.807, 2.05) is 41.7 Å². The molecule has 0 bridgehead atoms. The van der Waals surface area contributed by atoms with Gasteiger partial charge >= 0.3 is 11.9 Å². The van der Waals surface area contributed by atoms with Gasteiger partial charge in [-0.1, -0.05) is 34.1 Å². The smallest absolute Gasteiger partial charge is 0.355 e. The first-order valence-corrected chi connectivity index (χ1v) is 14.0. The molecule has 0 spiro atoms. The number of aromatic carboxylic acids is 1. The van der Waals surface area contributed by atoms with Crippen molar-refractivity contribution in [1.82, 2.24) is 14.8 Å². The number of ether oxygens (including phenoxy) is 1. The number of carboxylic acids is 1. The molecule has 1 saturated heterocycles. The van der Waals surface area contributed by atoms with E-state index in [4.69, 9.17) is 4.74 Å². The van der Waals surface area contributed by atoms with Crippen molar-refractivity contribution in [2.45, 2.75) is 91.3 Å². The van der Waals surface area contributed by atoms with Gasteiger partial charge in [0.25, 0.3) is 0 Å². The summed E-state index contributed by atoms with van der Waals surface area (Å²) in [7, 11) is 3.71. The predicted molar refractivity (Wildman–Crippen MR) is 142 cm³/mol. The number of thiazole rings is 1. The van der Waals surface area contributed by atoms with E-state index in [-0.39, 0.29) is 48.1 Å². The van der Waals surface area contributed by atoms with Crippen molar-refractivity contribution in [3.8, 4) is 0 Å². The Morgan fingerprint density at radius 1 is 1.27 bits per heavy atom. The molecule has 10 heteroatoms. The lowest BCUT2D eigenvalue weighted by Crippen LogP contribution is -2.50. The van der Waals surface area contributed by atoms with E-state index >= 15 is 0 Å². The Morgan fingerprint density at radius 3 is 2.38 bits per heavy atom. The molecule has 1 aliphatic heterocycles. The summed E-state index contributed by atoms with van der Waals surface area (Å²) in [6.07, 6.45) is 2.20. The minimum absolute atomic E-state index is 0.0117. The van der Waals surface area contributed by atoms with Crippen LogP contribution in [-0.2, 0) is 19.1 Å². The zero-order valence-electron chi connectivity index (χ0n) is 23.4. The second kappa shape index (κ2) is 13.0. The van der Waals surface area contributed by atoms with Gasteiger partial charge in [-0.15, -0.1) is 11.3 Å². The lowest BCUT2D eigenvalue weighted by Gasteiger charge is -2.38. The van der Waals surface area contributed by atoms with Crippen LogP contribution in [0, 0.1) is 17.8 Å². The van der Waals surface area contributed by atoms with Crippen LogP contribution < -0.4 is 0 Å². The molecule has 208 valence electrons. The highest BCUT2D eigenvalue weighted by Crippen LogP contribution is 2.35. The van der Waals surface area contributed by atoms with E-state index < -0.39 is 29.5 Å². The van der Waals surface area contributed by atoms with Gasteiger partial charge in [0.05, 0.1) is 5.54 Å². The zero-order valence-corrected chi connectivity index (χ0v) is 24.3. The maximum absolute atomic E-state index is 13.9. The summed E-state index contributed by atoms with van der Waals surface area (Å²) in [6, 6.07) is -0.319. The third-order valence-corrected chi connectivity index (χ3v) is 8.99. The highest BCUT2D eigenvalue weighted by Gasteiger charge is 2.43. The molecule has 2 rings (SSSR count). The monoisotopic (exact) mass is 537 g/mol. The van der Waals surface area contributed by atoms with E-state index in [1.54, 1.807) is 11.9 Å². The second-order valence-electron chi connectivity index (χ2n) is 10.9. The zero-order chi connectivity index (χ0) is 28.1. The third-order valence-electron chi connectivity index (χ3n) is 8.05. The van der Waals surface area contributed by atoms with Gasteiger partial charge in [0.2, 0.25) is 5.91 Å². The average Bonchev–Trinajstić information content (AvgIpc) is 3.46. The molecule has 9 nitrogen and oxygen atoms in total. The van der Waals surface area contributed by atoms with Crippen LogP contribution >= 0.6 is 11.3 Å². The van der Waals surface area contributed by atoms with Gasteiger partial charge in [0.1, 0.15) is 5.01 Å². The molecule has 1 amide bonds. The van der Waals surface area contributed by atoms with Gasteiger partial charge < -0.3 is 14.7 Å². The van der Waals surface area contributed by atoms with E-state index in [0.29, 0.717) is 5.01 Å². The van der Waals surface area contributed by atoms with Gasteiger partial charge in [-0.25, -0.2) is 9.78 Å². The molecule has 0 radical (unpaired) electrons. The van der Waals surface area contributed by atoms with Crippen molar-refractivity contribution in [2.75, 3.05) is 20.6 Å². The molecule has 0 aromatic carbocycles. The molecule has 5 atom stereocenters. The molecular weight excluding hydrogens is 494 g/mol. The summed E-state index contributed by atoms with van der Waals surface area (Å²) >= 11 is 1.12. The fourth-order valence-corrected chi connectivity index (χ4v) is 5.97. The Bertz CT molecular complexity index is 979. The molecule has 1 aliphatic rings. The van der Waals surface area contributed by atoms with Crippen LogP contribution in [0.4, 0.5) is 0 Å². The van der Waals surface area contributed by atoms with Crippen LogP contribution in [0.2, 0.25) is 0 Å². The van der Waals surface area contributed by atoms with Crippen LogP contribution in [0.15, 0.2) is 5.38 Å². The van der Waals surface area contributed by atoms with Crippen LogP contribution in [0.1, 0.15) is 95.2 Å². The van der Waals surface area contributed by atoms with Crippen molar-refractivity contribution in [3.05, 3.63) is 16.1 Å². The number of likely N-dealkylation sites (N-methyl/N-ethyl adjacent to an activating group) is 1. The number of amides is 1. The Labute approximate surface area is 224 Å². The Balaban J connectivity index is 2.31. The van der Waals surface area contributed by atoms with Gasteiger partial charge in [0.15, 0.2) is 17.6 Å². The van der Waals surface area contributed by atoms with Crippen molar-refractivity contribution >= 4 is 35.0 Å². The minimum atomic E-state index is -1.15. The number of hydrogen-bond donors (Lipinski definition) is 1. The normalized spacial score (nSPS) is 21.3. The van der Waals surface area contributed by atoms with Crippen molar-refractivity contribution < 1.29 is 29.0 Å². The molecule has 1 fully saturated rings. The lowest BCUT2D eigenvalue weighted by atomic mass is 9.80. The van der Waals surface area contributed by atoms with E-state index in [9.17, 15) is 24.3 Å². The summed E-state index contributed by atoms with van der Waals surface area (Å²) in [4.78, 5) is 58.5. The number of nitrogens with zero attached hydrogens (tertiary/aromatic N) is 3. The number of hydrogen-bond acceptors (Lipinski definition) is 8. The molecule has 0 unspecified atom stereocenters. The molecular formula is C27H43N3O6S. The van der Waals surface area contributed by atoms with Gasteiger partial charge in [-0.3, -0.25) is 19.3 Å². The van der Waals surface area contributed by atoms with Crippen molar-refractivity contribution in [3.63, 3.8) is 0 Å². The Hall–Kier alpha value is -2.33. The second-order valence-corrected chi connectivity index (χ2v) is 11.8. The molecule has 0 aliphatic carbocycles. The Morgan fingerprint density at radius 2 is 1.92 bits per heavy atom. The summed E-state index contributed by atoms with van der Waals surface area (Å²) < 4.78 is 5.54. The van der Waals surface area contributed by atoms with Crippen LogP contribution in [0.3, 0.4) is 0 Å². The molecule has 2 heterocycles. The number of carbonyl (C=O) groups is 4. The van der Waals surface area contributed by atoms with Crippen LogP contribution in [0.25, 0.3) is 0 Å². The van der Waals surface area contributed by atoms with E-state index in [2.05, 4.69) is 9.88 Å². The summed E-state index contributed by atoms with van der Waals surface area (Å²) in [5, 5.41) is 11.1. The maximum Gasteiger partial charge on any atom is 0.355 e. The first kappa shape index (κ1) is 30.9. The highest BCUT2D eigenvalue weighted by molar-refractivity contribution is 7.09. The van der Waals surface area contributed by atoms with E-state index in [0.717, 1.165) is 37.1 Å². The predicted octanol–water partition coefficient (Wildman–Crippen LogP) is 4.42. The first-order chi connectivity index (χ1) is 17.2. The fraction of sp³-hybridized carbons (Fsp3) is 0.741. The number of ketones is 1. The quantitative estimate of drug-likeness (QED) is 0.368. The number of esters is 1. The maximum atomic E-state index is 13.9. The summed E-state index contributed by atoms with van der Waals surface area (Å²) in [5.74, 6) is -2.09. The van der Waals surface area contributed by atoms with Crippen LogP contribution in [-0.4, -0.2) is 75.7 Å². The highest BCUT2D eigenvalue weighted by atomic mass is 32.1. The number of likely N-dealkylation sites (tertiary alicyclic amines) is 1. The molecule has 37 heavy (non-hydrogen) atoms. The van der Waals surface area contributed by atoms with Crippen molar-refractivity contribution in [2.24, 2.45) is 17.8 Å². The lowest BCUT2D eigenvalue weighted by molar-refractivity contribution is -0.149. The van der Waals surface area contributed by atoms with Gasteiger partial charge in [-0.2, -0.15) is 0 Å². The van der Waals surface area contributed by atoms with Gasteiger partial charge in [0, 0.05) is 44.2 Å². The standard InChI is InChI=1S/C27H43N3O6S/c1-9-17(4)19(13-23(32)27(6)11-10-12-29(27)7)25(33)30(8)21(16(2)3)14-22(36-18(5)31)24-28-20(15-37-24)26(34)35/h15-17,19,21-22H,9-14H2,1-8H3,(H,34,35)/t17-,19-,21+,22+,27+/m0/s1. The third kappa shape index (κ3) is 7.37. The summed E-state index contributed by atoms with van der Waals surface area (Å²) in [6.45, 7) is 12.2. The average molecular weight is 538 g/mol. The number of rotatable bonds is 13. The molecule has 1 N–H and O–H groups in total. The van der Waals surface area contributed by atoms with Gasteiger partial charge in [-0.05, 0) is 45.2 Å². The number of carboxylic acid groups (broad SMARTS) is 1. The number of carbonyl (C=O) groups excluding carboxylic acids is 3. The molecule has 1 aromatic rings.